The Morgan fingerprint density at radius 3 is 2.47 bits per heavy atom. The van der Waals surface area contributed by atoms with Crippen LogP contribution in [0.5, 0.6) is 0 Å². The summed E-state index contributed by atoms with van der Waals surface area (Å²) in [5.41, 5.74) is 0.415. The van der Waals surface area contributed by atoms with Crippen molar-refractivity contribution in [3.05, 3.63) is 81.2 Å². The van der Waals surface area contributed by atoms with Crippen LogP contribution in [0.15, 0.2) is 75.3 Å². The zero-order chi connectivity index (χ0) is 21.3. The molecule has 30 heavy (non-hydrogen) atoms. The molecule has 1 N–H and O–H groups in total. The molecule has 0 radical (unpaired) electrons. The molecule has 4 nitrogen and oxygen atoms in total. The number of hydrogen-bond donors (Lipinski definition) is 1. The molecular weight excluding hydrogens is 479 g/mol. The maximum absolute atomic E-state index is 13.1. The first-order valence-electron chi connectivity index (χ1n) is 8.61. The van der Waals surface area contributed by atoms with E-state index < -0.39 is 11.8 Å². The summed E-state index contributed by atoms with van der Waals surface area (Å²) in [7, 11) is 0. The predicted octanol–water partition coefficient (Wildman–Crippen LogP) is 6.04. The van der Waals surface area contributed by atoms with Crippen LogP contribution in [0, 0.1) is 0 Å². The monoisotopic (exact) mass is 490 g/mol. The molecule has 1 aliphatic rings. The molecule has 1 aliphatic heterocycles. The van der Waals surface area contributed by atoms with Crippen molar-refractivity contribution in [2.24, 2.45) is 0 Å². The van der Waals surface area contributed by atoms with Crippen LogP contribution in [0.4, 0.5) is 5.69 Å². The molecule has 0 unspecified atom stereocenters. The van der Waals surface area contributed by atoms with Crippen LogP contribution in [0.1, 0.15) is 4.88 Å². The van der Waals surface area contributed by atoms with Gasteiger partial charge in [0.15, 0.2) is 5.11 Å². The SMILES string of the molecule is O=C1NC(=S)N(c2ccccc2Cl)C(=O)/C1=C/c1ccc(Sc2ccc(Cl)cc2)s1. The third-order valence-electron chi connectivity index (χ3n) is 4.12. The van der Waals surface area contributed by atoms with E-state index in [1.54, 1.807) is 42.1 Å². The Kier molecular flexibility index (Phi) is 6.26. The highest BCUT2D eigenvalue weighted by atomic mass is 35.5. The van der Waals surface area contributed by atoms with Crippen molar-refractivity contribution < 1.29 is 9.59 Å². The molecule has 3 aromatic rings. The highest BCUT2D eigenvalue weighted by Crippen LogP contribution is 2.35. The molecule has 0 saturated carbocycles. The second kappa shape index (κ2) is 8.91. The number of thiocarbonyl (C=S) groups is 1. The van der Waals surface area contributed by atoms with E-state index in [-0.39, 0.29) is 10.7 Å². The third kappa shape index (κ3) is 4.45. The Hall–Kier alpha value is -2.16. The van der Waals surface area contributed by atoms with Crippen LogP contribution in [-0.4, -0.2) is 16.9 Å². The first-order chi connectivity index (χ1) is 14.4. The van der Waals surface area contributed by atoms with E-state index in [2.05, 4.69) is 5.32 Å². The van der Waals surface area contributed by atoms with Gasteiger partial charge in [0.05, 0.1) is 14.9 Å². The topological polar surface area (TPSA) is 49.4 Å². The first kappa shape index (κ1) is 21.1. The number of thiophene rings is 1. The third-order valence-corrected chi connectivity index (χ3v) is 7.14. The number of para-hydroxylation sites is 1. The highest BCUT2D eigenvalue weighted by Gasteiger charge is 2.35. The van der Waals surface area contributed by atoms with Crippen molar-refractivity contribution in [1.29, 1.82) is 0 Å². The van der Waals surface area contributed by atoms with Gasteiger partial charge in [0.1, 0.15) is 5.57 Å². The number of amides is 2. The van der Waals surface area contributed by atoms with Gasteiger partial charge in [-0.3, -0.25) is 19.8 Å². The molecule has 0 atom stereocenters. The van der Waals surface area contributed by atoms with Crippen molar-refractivity contribution in [1.82, 2.24) is 5.32 Å². The predicted molar refractivity (Wildman–Crippen MR) is 128 cm³/mol. The second-order valence-corrected chi connectivity index (χ2v) is 9.84. The number of carbonyl (C=O) groups excluding carboxylic acids is 2. The fourth-order valence-corrected chi connectivity index (χ4v) is 5.42. The molecule has 0 bridgehead atoms. The normalized spacial score (nSPS) is 15.6. The number of nitrogens with one attached hydrogen (secondary N) is 1. The average molecular weight is 491 g/mol. The van der Waals surface area contributed by atoms with Crippen molar-refractivity contribution in [3.63, 3.8) is 0 Å². The van der Waals surface area contributed by atoms with Crippen molar-refractivity contribution in [3.8, 4) is 0 Å². The summed E-state index contributed by atoms with van der Waals surface area (Å²) >= 11 is 20.4. The lowest BCUT2D eigenvalue weighted by Crippen LogP contribution is -2.54. The van der Waals surface area contributed by atoms with E-state index in [9.17, 15) is 9.59 Å². The Bertz CT molecular complexity index is 1190. The summed E-state index contributed by atoms with van der Waals surface area (Å²) in [4.78, 5) is 28.6. The van der Waals surface area contributed by atoms with Crippen LogP contribution in [0.25, 0.3) is 6.08 Å². The molecular formula is C21H12Cl2N2O2S3. The van der Waals surface area contributed by atoms with Gasteiger partial charge in [-0.2, -0.15) is 0 Å². The number of benzene rings is 2. The van der Waals surface area contributed by atoms with E-state index in [4.69, 9.17) is 35.4 Å². The summed E-state index contributed by atoms with van der Waals surface area (Å²) in [6.45, 7) is 0. The van der Waals surface area contributed by atoms with Crippen molar-refractivity contribution >= 4 is 87.2 Å². The maximum atomic E-state index is 13.1. The van der Waals surface area contributed by atoms with Crippen LogP contribution in [-0.2, 0) is 9.59 Å². The smallest absolute Gasteiger partial charge is 0.270 e. The largest absolute Gasteiger partial charge is 0.298 e. The number of rotatable bonds is 4. The van der Waals surface area contributed by atoms with Gasteiger partial charge in [0, 0.05) is 14.8 Å². The lowest BCUT2D eigenvalue weighted by molar-refractivity contribution is -0.122. The van der Waals surface area contributed by atoms with Crippen LogP contribution >= 0.6 is 58.5 Å². The second-order valence-electron chi connectivity index (χ2n) is 6.12. The Labute approximate surface area is 196 Å². The van der Waals surface area contributed by atoms with E-state index in [1.165, 1.54) is 16.2 Å². The van der Waals surface area contributed by atoms with Gasteiger partial charge in [0.25, 0.3) is 11.8 Å². The highest BCUT2D eigenvalue weighted by molar-refractivity contribution is 8.01. The molecule has 1 aromatic heterocycles. The Balaban J connectivity index is 1.61. The van der Waals surface area contributed by atoms with Gasteiger partial charge in [-0.25, -0.2) is 0 Å². The molecule has 0 aliphatic carbocycles. The molecule has 2 heterocycles. The van der Waals surface area contributed by atoms with Crippen molar-refractivity contribution in [2.75, 3.05) is 4.90 Å². The molecule has 9 heteroatoms. The summed E-state index contributed by atoms with van der Waals surface area (Å²) in [6, 6.07) is 18.2. The van der Waals surface area contributed by atoms with Gasteiger partial charge >= 0.3 is 0 Å². The summed E-state index contributed by atoms with van der Waals surface area (Å²) in [6.07, 6.45) is 1.57. The number of anilines is 1. The van der Waals surface area contributed by atoms with Crippen LogP contribution in [0.2, 0.25) is 10.0 Å². The molecule has 2 amide bonds. The quantitative estimate of drug-likeness (QED) is 0.275. The average Bonchev–Trinajstić information content (AvgIpc) is 3.15. The Morgan fingerprint density at radius 2 is 1.73 bits per heavy atom. The summed E-state index contributed by atoms with van der Waals surface area (Å²) < 4.78 is 1.02. The number of hydrogen-bond acceptors (Lipinski definition) is 5. The van der Waals surface area contributed by atoms with Gasteiger partial charge < -0.3 is 0 Å². The maximum Gasteiger partial charge on any atom is 0.270 e. The minimum absolute atomic E-state index is 0.000382. The lowest BCUT2D eigenvalue weighted by Gasteiger charge is -2.29. The van der Waals surface area contributed by atoms with Gasteiger partial charge in [-0.05, 0) is 66.8 Å². The summed E-state index contributed by atoms with van der Waals surface area (Å²) in [5.74, 6) is -1.05. The minimum atomic E-state index is -0.534. The number of carbonyl (C=O) groups is 2. The van der Waals surface area contributed by atoms with Crippen molar-refractivity contribution in [2.45, 2.75) is 9.10 Å². The standard InChI is InChI=1S/C21H12Cl2N2O2S3/c22-12-5-7-13(8-6-12)29-18-10-9-14(30-18)11-15-19(26)24-21(28)25(20(15)27)17-4-2-1-3-16(17)23/h1-11H,(H,24,26,28)/b15-11+. The summed E-state index contributed by atoms with van der Waals surface area (Å²) in [5, 5.41) is 3.61. The fraction of sp³-hybridized carbons (Fsp3) is 0. The molecule has 150 valence electrons. The molecule has 4 rings (SSSR count). The van der Waals surface area contributed by atoms with Gasteiger partial charge in [-0.1, -0.05) is 47.1 Å². The number of halogens is 2. The Morgan fingerprint density at radius 1 is 1.00 bits per heavy atom. The zero-order valence-electron chi connectivity index (χ0n) is 15.1. The molecule has 1 fully saturated rings. The lowest BCUT2D eigenvalue weighted by atomic mass is 10.1. The van der Waals surface area contributed by atoms with Gasteiger partial charge in [-0.15, -0.1) is 11.3 Å². The van der Waals surface area contributed by atoms with Gasteiger partial charge in [0.2, 0.25) is 0 Å². The minimum Gasteiger partial charge on any atom is -0.298 e. The fourth-order valence-electron chi connectivity index (χ4n) is 2.74. The van der Waals surface area contributed by atoms with E-state index in [0.29, 0.717) is 15.7 Å². The molecule has 0 spiro atoms. The molecule has 2 aromatic carbocycles. The first-order valence-corrected chi connectivity index (χ1v) is 11.4. The van der Waals surface area contributed by atoms with Crippen LogP contribution < -0.4 is 10.2 Å². The van der Waals surface area contributed by atoms with E-state index in [0.717, 1.165) is 14.0 Å². The van der Waals surface area contributed by atoms with E-state index in [1.807, 2.05) is 36.4 Å². The number of nitrogens with zero attached hydrogens (tertiary/aromatic N) is 1. The van der Waals surface area contributed by atoms with E-state index >= 15 is 0 Å². The van der Waals surface area contributed by atoms with Crippen LogP contribution in [0.3, 0.4) is 0 Å². The zero-order valence-corrected chi connectivity index (χ0v) is 19.1. The molecule has 1 saturated heterocycles.